The van der Waals surface area contributed by atoms with Crippen LogP contribution in [0.5, 0.6) is 0 Å². The minimum atomic E-state index is -0.376. The second-order valence-corrected chi connectivity index (χ2v) is 8.56. The Bertz CT molecular complexity index is 948. The monoisotopic (exact) mass is 360 g/mol. The zero-order chi connectivity index (χ0) is 18.4. The van der Waals surface area contributed by atoms with Crippen LogP contribution in [0.25, 0.3) is 5.52 Å². The number of hydrogen-bond acceptors (Lipinski definition) is 2. The van der Waals surface area contributed by atoms with Gasteiger partial charge in [-0.3, -0.25) is 0 Å². The molecule has 2 fully saturated rings. The van der Waals surface area contributed by atoms with Gasteiger partial charge < -0.3 is 9.51 Å². The van der Waals surface area contributed by atoms with E-state index in [2.05, 4.69) is 52.8 Å². The van der Waals surface area contributed by atoms with Gasteiger partial charge in [0.25, 0.3) is 0 Å². The number of imidazole rings is 1. The third-order valence-corrected chi connectivity index (χ3v) is 6.83. The Balaban J connectivity index is 1.39. The van der Waals surface area contributed by atoms with Crippen molar-refractivity contribution in [1.82, 2.24) is 9.38 Å². The number of benzene rings is 1. The highest BCUT2D eigenvalue weighted by Crippen LogP contribution is 2.48. The summed E-state index contributed by atoms with van der Waals surface area (Å²) in [6.07, 6.45) is 12.5. The zero-order valence-electron chi connectivity index (χ0n) is 16.0. The number of nitrogens with zero attached hydrogens (tertiary/aromatic N) is 2. The van der Waals surface area contributed by atoms with Crippen LogP contribution >= 0.6 is 0 Å². The Morgan fingerprint density at radius 3 is 2.41 bits per heavy atom. The van der Waals surface area contributed by atoms with Crippen molar-refractivity contribution >= 4 is 5.52 Å². The van der Waals surface area contributed by atoms with Gasteiger partial charge >= 0.3 is 0 Å². The number of rotatable bonds is 4. The molecule has 2 aliphatic carbocycles. The van der Waals surface area contributed by atoms with Gasteiger partial charge in [0.05, 0.1) is 24.1 Å². The van der Waals surface area contributed by atoms with Crippen molar-refractivity contribution in [2.45, 2.75) is 63.4 Å². The van der Waals surface area contributed by atoms with Gasteiger partial charge in [-0.15, -0.1) is 0 Å². The first-order valence-electron chi connectivity index (χ1n) is 10.4. The van der Waals surface area contributed by atoms with Crippen LogP contribution in [0.2, 0.25) is 0 Å². The largest absolute Gasteiger partial charge is 0.388 e. The molecule has 3 heteroatoms. The van der Waals surface area contributed by atoms with Crippen molar-refractivity contribution in [2.24, 2.45) is 5.92 Å². The molecular formula is C24H28N2O. The fourth-order valence-electron chi connectivity index (χ4n) is 5.13. The normalized spacial score (nSPS) is 24.2. The third kappa shape index (κ3) is 3.08. The Hall–Kier alpha value is -2.13. The molecule has 0 aliphatic heterocycles. The van der Waals surface area contributed by atoms with Crippen LogP contribution < -0.4 is 0 Å². The molecule has 0 saturated heterocycles. The average Bonchev–Trinajstić information content (AvgIpc) is 3.44. The predicted molar refractivity (Wildman–Crippen MR) is 108 cm³/mol. The van der Waals surface area contributed by atoms with Gasteiger partial charge in [0, 0.05) is 11.8 Å². The Morgan fingerprint density at radius 1 is 0.963 bits per heavy atom. The maximum Gasteiger partial charge on any atom is 0.0992 e. The van der Waals surface area contributed by atoms with E-state index in [1.165, 1.54) is 42.4 Å². The van der Waals surface area contributed by atoms with Gasteiger partial charge in [-0.2, -0.15) is 0 Å². The van der Waals surface area contributed by atoms with Crippen LogP contribution in [0.15, 0.2) is 49.1 Å². The lowest BCUT2D eigenvalue weighted by Crippen LogP contribution is -2.21. The van der Waals surface area contributed by atoms with Gasteiger partial charge in [-0.25, -0.2) is 4.98 Å². The van der Waals surface area contributed by atoms with Crippen LogP contribution in [0.3, 0.4) is 0 Å². The number of pyridine rings is 1. The van der Waals surface area contributed by atoms with Crippen LogP contribution in [-0.2, 0) is 0 Å². The summed E-state index contributed by atoms with van der Waals surface area (Å²) < 4.78 is 2.06. The van der Waals surface area contributed by atoms with Crippen molar-refractivity contribution in [3.63, 3.8) is 0 Å². The van der Waals surface area contributed by atoms with Crippen molar-refractivity contribution in [3.8, 4) is 0 Å². The lowest BCUT2D eigenvalue weighted by molar-refractivity contribution is 0.0810. The maximum absolute atomic E-state index is 11.4. The minimum absolute atomic E-state index is 0.351. The van der Waals surface area contributed by atoms with Gasteiger partial charge in [0.15, 0.2) is 0 Å². The zero-order valence-corrected chi connectivity index (χ0v) is 16.0. The van der Waals surface area contributed by atoms with E-state index in [1.807, 2.05) is 12.5 Å². The SMILES string of the molecule is Cc1ccccc1C1CCC([C@H](O)c2c(C3CC3)ccn3cncc23)CC1. The fraction of sp³-hybridized carbons (Fsp3) is 0.458. The van der Waals surface area contributed by atoms with E-state index >= 15 is 0 Å². The molecule has 0 radical (unpaired) electrons. The number of aliphatic hydroxyl groups is 1. The summed E-state index contributed by atoms with van der Waals surface area (Å²) in [7, 11) is 0. The van der Waals surface area contributed by atoms with Crippen LogP contribution in [0.1, 0.15) is 78.7 Å². The molecule has 140 valence electrons. The summed E-state index contributed by atoms with van der Waals surface area (Å²) >= 11 is 0. The van der Waals surface area contributed by atoms with E-state index in [0.717, 1.165) is 23.9 Å². The Labute approximate surface area is 161 Å². The molecule has 0 amide bonds. The van der Waals surface area contributed by atoms with Crippen molar-refractivity contribution in [3.05, 3.63) is 71.3 Å². The molecule has 0 unspecified atom stereocenters. The molecule has 5 rings (SSSR count). The maximum atomic E-state index is 11.4. The van der Waals surface area contributed by atoms with Gasteiger partial charge in [0.2, 0.25) is 0 Å². The predicted octanol–water partition coefficient (Wildman–Crippen LogP) is 5.53. The van der Waals surface area contributed by atoms with Gasteiger partial charge in [0.1, 0.15) is 0 Å². The highest BCUT2D eigenvalue weighted by molar-refractivity contribution is 5.59. The van der Waals surface area contributed by atoms with E-state index < -0.39 is 0 Å². The van der Waals surface area contributed by atoms with Gasteiger partial charge in [-0.1, -0.05) is 24.3 Å². The average molecular weight is 361 g/mol. The van der Waals surface area contributed by atoms with Crippen LogP contribution in [-0.4, -0.2) is 14.5 Å². The summed E-state index contributed by atoms with van der Waals surface area (Å²) in [5, 5.41) is 11.4. The van der Waals surface area contributed by atoms with E-state index in [-0.39, 0.29) is 6.10 Å². The summed E-state index contributed by atoms with van der Waals surface area (Å²) in [5.41, 5.74) is 6.50. The Kier molecular flexibility index (Phi) is 4.28. The van der Waals surface area contributed by atoms with Crippen molar-refractivity contribution in [2.75, 3.05) is 0 Å². The number of aryl methyl sites for hydroxylation is 1. The highest BCUT2D eigenvalue weighted by Gasteiger charge is 2.34. The summed E-state index contributed by atoms with van der Waals surface area (Å²) in [6.45, 7) is 2.22. The number of hydrogen-bond donors (Lipinski definition) is 1. The summed E-state index contributed by atoms with van der Waals surface area (Å²) in [6, 6.07) is 11.0. The topological polar surface area (TPSA) is 37.5 Å². The molecule has 0 bridgehead atoms. The van der Waals surface area contributed by atoms with Crippen LogP contribution in [0, 0.1) is 12.8 Å². The first-order valence-corrected chi connectivity index (χ1v) is 10.4. The fourth-order valence-corrected chi connectivity index (χ4v) is 5.13. The first kappa shape index (κ1) is 17.0. The molecule has 2 aliphatic rings. The molecule has 0 spiro atoms. The molecule has 2 aromatic heterocycles. The lowest BCUT2D eigenvalue weighted by Gasteiger charge is -2.33. The number of fused-ring (bicyclic) bond motifs is 1. The first-order chi connectivity index (χ1) is 13.2. The quantitative estimate of drug-likeness (QED) is 0.664. The number of aromatic nitrogens is 2. The van der Waals surface area contributed by atoms with Crippen molar-refractivity contribution in [1.29, 1.82) is 0 Å². The third-order valence-electron chi connectivity index (χ3n) is 6.83. The molecule has 1 atom stereocenters. The molecule has 3 aromatic rings. The molecular weight excluding hydrogens is 332 g/mol. The summed E-state index contributed by atoms with van der Waals surface area (Å²) in [4.78, 5) is 4.32. The van der Waals surface area contributed by atoms with E-state index in [0.29, 0.717) is 17.8 Å². The van der Waals surface area contributed by atoms with E-state index in [9.17, 15) is 5.11 Å². The highest BCUT2D eigenvalue weighted by atomic mass is 16.3. The molecule has 27 heavy (non-hydrogen) atoms. The lowest BCUT2D eigenvalue weighted by atomic mass is 9.74. The molecule has 2 saturated carbocycles. The summed E-state index contributed by atoms with van der Waals surface area (Å²) in [5.74, 6) is 1.63. The van der Waals surface area contributed by atoms with Gasteiger partial charge in [-0.05, 0) is 86.0 Å². The van der Waals surface area contributed by atoms with Crippen molar-refractivity contribution < 1.29 is 5.11 Å². The minimum Gasteiger partial charge on any atom is -0.388 e. The Morgan fingerprint density at radius 2 is 1.67 bits per heavy atom. The van der Waals surface area contributed by atoms with Crippen LogP contribution in [0.4, 0.5) is 0 Å². The second kappa shape index (κ2) is 6.79. The second-order valence-electron chi connectivity index (χ2n) is 8.56. The van der Waals surface area contributed by atoms with E-state index in [1.54, 1.807) is 0 Å². The molecule has 1 aromatic carbocycles. The van der Waals surface area contributed by atoms with E-state index in [4.69, 9.17) is 0 Å². The molecule has 1 N–H and O–H groups in total. The number of aliphatic hydroxyl groups excluding tert-OH is 1. The smallest absolute Gasteiger partial charge is 0.0992 e. The standard InChI is InChI=1S/C24H28N2O/c1-16-4-2-3-5-20(16)17-8-10-19(11-9-17)24(27)23-21(18-6-7-18)12-13-26-15-25-14-22(23)26/h2-5,12-15,17-19,24,27H,6-11H2,1H3/t17?,19?,24-/m0/s1. The molecule has 2 heterocycles. The molecule has 3 nitrogen and oxygen atoms in total.